The number of fused-ring (bicyclic) bond motifs is 1. The Bertz CT molecular complexity index is 974. The highest BCUT2D eigenvalue weighted by Gasteiger charge is 2.15. The van der Waals surface area contributed by atoms with Crippen LogP contribution in [0.25, 0.3) is 11.1 Å². The van der Waals surface area contributed by atoms with E-state index in [9.17, 15) is 9.59 Å². The molecule has 0 fully saturated rings. The molecular weight excluding hydrogens is 338 g/mol. The Balaban J connectivity index is 1.70. The number of furan rings is 1. The summed E-state index contributed by atoms with van der Waals surface area (Å²) in [6.07, 6.45) is 3.36. The molecule has 3 rings (SSSR count). The fraction of sp³-hybridized carbons (Fsp3) is 0.278. The second-order valence-electron chi connectivity index (χ2n) is 5.77. The molecule has 0 saturated carbocycles. The van der Waals surface area contributed by atoms with Gasteiger partial charge in [-0.15, -0.1) is 11.8 Å². The van der Waals surface area contributed by atoms with E-state index in [1.165, 1.54) is 15.8 Å². The average Bonchev–Trinajstić information content (AvgIpc) is 2.91. The van der Waals surface area contributed by atoms with E-state index in [1.807, 2.05) is 37.4 Å². The lowest BCUT2D eigenvalue weighted by Gasteiger charge is -2.08. The summed E-state index contributed by atoms with van der Waals surface area (Å²) in [6.45, 7) is 3.94. The number of nitrogens with one attached hydrogen (secondary N) is 1. The number of aromatic nitrogens is 2. The molecule has 2 aromatic heterocycles. The van der Waals surface area contributed by atoms with Gasteiger partial charge in [0.2, 0.25) is 11.6 Å². The van der Waals surface area contributed by atoms with Crippen LogP contribution in [0.1, 0.15) is 16.9 Å². The molecule has 130 valence electrons. The molecule has 0 bridgehead atoms. The maximum atomic E-state index is 12.5. The van der Waals surface area contributed by atoms with Crippen LogP contribution in [-0.2, 0) is 17.9 Å². The monoisotopic (exact) mass is 357 g/mol. The zero-order valence-electron chi connectivity index (χ0n) is 14.3. The maximum Gasteiger partial charge on any atom is 0.265 e. The van der Waals surface area contributed by atoms with Crippen LogP contribution in [0.2, 0.25) is 0 Å². The first-order valence-electron chi connectivity index (χ1n) is 7.84. The summed E-state index contributed by atoms with van der Waals surface area (Å²) in [5.41, 5.74) is 1.81. The SMILES string of the molecule is CSc1ccc(CNC(=O)Cn2cnc3oc(C)c(C)c3c2=O)cc1. The van der Waals surface area contributed by atoms with Gasteiger partial charge in [0.25, 0.3) is 5.56 Å². The third-order valence-corrected chi connectivity index (χ3v) is 4.86. The van der Waals surface area contributed by atoms with Crippen molar-refractivity contribution in [2.45, 2.75) is 31.8 Å². The summed E-state index contributed by atoms with van der Waals surface area (Å²) in [5, 5.41) is 3.25. The van der Waals surface area contributed by atoms with Crippen molar-refractivity contribution >= 4 is 28.8 Å². The third-order valence-electron chi connectivity index (χ3n) is 4.12. The third kappa shape index (κ3) is 3.61. The van der Waals surface area contributed by atoms with Gasteiger partial charge in [0.05, 0.1) is 0 Å². The zero-order chi connectivity index (χ0) is 18.0. The van der Waals surface area contributed by atoms with Crippen molar-refractivity contribution in [1.29, 1.82) is 0 Å². The average molecular weight is 357 g/mol. The number of thioether (sulfide) groups is 1. The zero-order valence-corrected chi connectivity index (χ0v) is 15.1. The summed E-state index contributed by atoms with van der Waals surface area (Å²) in [5.74, 6) is 0.422. The Kier molecular flexibility index (Phi) is 4.94. The van der Waals surface area contributed by atoms with Crippen LogP contribution in [0.3, 0.4) is 0 Å². The van der Waals surface area contributed by atoms with Gasteiger partial charge in [-0.05, 0) is 37.8 Å². The van der Waals surface area contributed by atoms with Crippen LogP contribution >= 0.6 is 11.8 Å². The van der Waals surface area contributed by atoms with Gasteiger partial charge in [-0.3, -0.25) is 14.2 Å². The molecule has 3 aromatic rings. The van der Waals surface area contributed by atoms with Crippen LogP contribution in [-0.4, -0.2) is 21.7 Å². The smallest absolute Gasteiger partial charge is 0.265 e. The molecule has 0 aliphatic carbocycles. The van der Waals surface area contributed by atoms with E-state index in [2.05, 4.69) is 10.3 Å². The summed E-state index contributed by atoms with van der Waals surface area (Å²) in [6, 6.07) is 7.98. The van der Waals surface area contributed by atoms with Crippen LogP contribution in [0.5, 0.6) is 0 Å². The lowest BCUT2D eigenvalue weighted by atomic mass is 10.2. The Hall–Kier alpha value is -2.54. The largest absolute Gasteiger partial charge is 0.443 e. The van der Waals surface area contributed by atoms with Crippen molar-refractivity contribution < 1.29 is 9.21 Å². The standard InChI is InChI=1S/C18H19N3O3S/c1-11-12(2)24-17-16(11)18(23)21(10-20-17)9-15(22)19-8-13-4-6-14(25-3)7-5-13/h4-7,10H,8-9H2,1-3H3,(H,19,22). The van der Waals surface area contributed by atoms with Gasteiger partial charge in [0, 0.05) is 17.0 Å². The summed E-state index contributed by atoms with van der Waals surface area (Å²) >= 11 is 1.67. The Morgan fingerprint density at radius 2 is 2.00 bits per heavy atom. The van der Waals surface area contributed by atoms with Crippen molar-refractivity contribution in [3.8, 4) is 0 Å². The second kappa shape index (κ2) is 7.14. The molecule has 0 aliphatic rings. The molecule has 7 heteroatoms. The minimum absolute atomic E-state index is 0.0751. The highest BCUT2D eigenvalue weighted by molar-refractivity contribution is 7.98. The second-order valence-corrected chi connectivity index (χ2v) is 6.65. The normalized spacial score (nSPS) is 11.0. The summed E-state index contributed by atoms with van der Waals surface area (Å²) < 4.78 is 6.74. The van der Waals surface area contributed by atoms with E-state index in [0.717, 1.165) is 11.1 Å². The van der Waals surface area contributed by atoms with E-state index >= 15 is 0 Å². The number of carbonyl (C=O) groups excluding carboxylic acids is 1. The molecule has 2 heterocycles. The van der Waals surface area contributed by atoms with Gasteiger partial charge in [-0.2, -0.15) is 0 Å². The predicted octanol–water partition coefficient (Wildman–Crippen LogP) is 2.64. The van der Waals surface area contributed by atoms with E-state index in [4.69, 9.17) is 4.42 Å². The molecule has 1 amide bonds. The first kappa shape index (κ1) is 17.3. The van der Waals surface area contributed by atoms with Crippen molar-refractivity contribution in [1.82, 2.24) is 14.9 Å². The van der Waals surface area contributed by atoms with Crippen molar-refractivity contribution in [3.63, 3.8) is 0 Å². The minimum Gasteiger partial charge on any atom is -0.443 e. The predicted molar refractivity (Wildman–Crippen MR) is 97.8 cm³/mol. The molecule has 0 radical (unpaired) electrons. The molecule has 0 spiro atoms. The number of hydrogen-bond acceptors (Lipinski definition) is 5. The van der Waals surface area contributed by atoms with Gasteiger partial charge in [-0.25, -0.2) is 4.98 Å². The number of hydrogen-bond donors (Lipinski definition) is 1. The number of amides is 1. The van der Waals surface area contributed by atoms with Crippen LogP contribution in [0.15, 0.2) is 44.7 Å². The molecule has 1 aromatic carbocycles. The lowest BCUT2D eigenvalue weighted by Crippen LogP contribution is -2.32. The molecule has 0 saturated heterocycles. The molecular formula is C18H19N3O3S. The van der Waals surface area contributed by atoms with Crippen molar-refractivity contribution in [2.24, 2.45) is 0 Å². The van der Waals surface area contributed by atoms with Gasteiger partial charge >= 0.3 is 0 Å². The highest BCUT2D eigenvalue weighted by Crippen LogP contribution is 2.19. The molecule has 6 nitrogen and oxygen atoms in total. The van der Waals surface area contributed by atoms with Crippen molar-refractivity contribution in [2.75, 3.05) is 6.26 Å². The topological polar surface area (TPSA) is 77.1 Å². The summed E-state index contributed by atoms with van der Waals surface area (Å²) in [4.78, 5) is 30.0. The van der Waals surface area contributed by atoms with Gasteiger partial charge < -0.3 is 9.73 Å². The van der Waals surface area contributed by atoms with Crippen molar-refractivity contribution in [3.05, 3.63) is 57.8 Å². The first-order chi connectivity index (χ1) is 12.0. The first-order valence-corrected chi connectivity index (χ1v) is 9.07. The highest BCUT2D eigenvalue weighted by atomic mass is 32.2. The van der Waals surface area contributed by atoms with Gasteiger partial charge in [0.15, 0.2) is 0 Å². The fourth-order valence-corrected chi connectivity index (χ4v) is 2.95. The number of aryl methyl sites for hydroxylation is 2. The Morgan fingerprint density at radius 3 is 2.68 bits per heavy atom. The lowest BCUT2D eigenvalue weighted by molar-refractivity contribution is -0.121. The van der Waals surface area contributed by atoms with Gasteiger partial charge in [-0.1, -0.05) is 12.1 Å². The fourth-order valence-electron chi connectivity index (χ4n) is 2.54. The number of benzene rings is 1. The molecule has 25 heavy (non-hydrogen) atoms. The molecule has 0 atom stereocenters. The number of rotatable bonds is 5. The molecule has 1 N–H and O–H groups in total. The quantitative estimate of drug-likeness (QED) is 0.711. The summed E-state index contributed by atoms with van der Waals surface area (Å²) in [7, 11) is 0. The van der Waals surface area contributed by atoms with Crippen LogP contribution in [0.4, 0.5) is 0 Å². The van der Waals surface area contributed by atoms with Crippen LogP contribution < -0.4 is 10.9 Å². The molecule has 0 aliphatic heterocycles. The van der Waals surface area contributed by atoms with E-state index < -0.39 is 0 Å². The van der Waals surface area contributed by atoms with E-state index in [1.54, 1.807) is 18.7 Å². The molecule has 0 unspecified atom stereocenters. The van der Waals surface area contributed by atoms with E-state index in [0.29, 0.717) is 23.4 Å². The minimum atomic E-state index is -0.265. The van der Waals surface area contributed by atoms with Gasteiger partial charge in [0.1, 0.15) is 24.0 Å². The maximum absolute atomic E-state index is 12.5. The van der Waals surface area contributed by atoms with Crippen LogP contribution in [0, 0.1) is 13.8 Å². The Morgan fingerprint density at radius 1 is 1.28 bits per heavy atom. The number of nitrogens with zero attached hydrogens (tertiary/aromatic N) is 2. The number of carbonyl (C=O) groups is 1. The Labute approximate surface area is 149 Å². The van der Waals surface area contributed by atoms with E-state index in [-0.39, 0.29) is 18.0 Å².